The molecule has 2 rings (SSSR count). The number of hydrogen-bond donors (Lipinski definition) is 3. The average Bonchev–Trinajstić information content (AvgIpc) is 2.61. The number of benzene rings is 2. The van der Waals surface area contributed by atoms with Crippen molar-refractivity contribution in [1.82, 2.24) is 5.43 Å². The fourth-order valence-corrected chi connectivity index (χ4v) is 2.19. The Morgan fingerprint density at radius 2 is 1.88 bits per heavy atom. The van der Waals surface area contributed by atoms with Gasteiger partial charge in [0.25, 0.3) is 0 Å². The number of carbonyl (C=O) groups excluding carboxylic acids is 1. The molecule has 0 aliphatic rings. The third kappa shape index (κ3) is 5.48. The summed E-state index contributed by atoms with van der Waals surface area (Å²) in [6, 6.07) is 12.0. The molecule has 2 aromatic rings. The lowest BCUT2D eigenvalue weighted by molar-refractivity contribution is -0.109. The average molecular weight is 331 g/mol. The van der Waals surface area contributed by atoms with Crippen molar-refractivity contribution < 1.29 is 14.3 Å². The molecule has 0 saturated carbocycles. The largest absolute Gasteiger partial charge is 0.497 e. The number of ether oxygens (including phenoxy) is 2. The number of amides is 1. The first-order valence-electron chi connectivity index (χ1n) is 7.50. The Kier molecular flexibility index (Phi) is 8.15. The van der Waals surface area contributed by atoms with Crippen LogP contribution in [0, 0.1) is 13.8 Å². The summed E-state index contributed by atoms with van der Waals surface area (Å²) in [4.78, 5) is 8.94. The lowest BCUT2D eigenvalue weighted by atomic mass is 10.1. The van der Waals surface area contributed by atoms with Gasteiger partial charge >= 0.3 is 0 Å². The van der Waals surface area contributed by atoms with Crippen LogP contribution >= 0.6 is 0 Å². The molecule has 0 aromatic heterocycles. The Morgan fingerprint density at radius 1 is 1.17 bits per heavy atom. The first-order chi connectivity index (χ1) is 11.6. The van der Waals surface area contributed by atoms with Crippen LogP contribution in [0.3, 0.4) is 0 Å². The predicted octanol–water partition coefficient (Wildman–Crippen LogP) is 2.54. The van der Waals surface area contributed by atoms with Crippen molar-refractivity contribution in [2.75, 3.05) is 19.5 Å². The van der Waals surface area contributed by atoms with E-state index >= 15 is 0 Å². The molecule has 6 heteroatoms. The molecule has 24 heavy (non-hydrogen) atoms. The summed E-state index contributed by atoms with van der Waals surface area (Å²) >= 11 is 0. The summed E-state index contributed by atoms with van der Waals surface area (Å²) in [5.41, 5.74) is 6.34. The highest BCUT2D eigenvalue weighted by molar-refractivity contribution is 5.54. The summed E-state index contributed by atoms with van der Waals surface area (Å²) in [6.45, 7) is 4.67. The van der Waals surface area contributed by atoms with Crippen molar-refractivity contribution in [3.63, 3.8) is 0 Å². The molecule has 2 aromatic carbocycles. The van der Waals surface area contributed by atoms with Crippen LogP contribution in [0.5, 0.6) is 11.5 Å². The van der Waals surface area contributed by atoms with Gasteiger partial charge in [0.05, 0.1) is 7.11 Å². The number of anilines is 1. The Morgan fingerprint density at radius 3 is 2.42 bits per heavy atom. The molecule has 0 spiro atoms. The minimum Gasteiger partial charge on any atom is -0.497 e. The normalized spacial score (nSPS) is 9.38. The van der Waals surface area contributed by atoms with E-state index < -0.39 is 0 Å². The zero-order valence-electron chi connectivity index (χ0n) is 14.6. The third-order valence-electron chi connectivity index (χ3n) is 3.50. The lowest BCUT2D eigenvalue weighted by Gasteiger charge is -2.15. The van der Waals surface area contributed by atoms with E-state index in [1.54, 1.807) is 12.5 Å². The molecular formula is C18H25N3O3. The number of nitrogens with one attached hydrogen (secondary N) is 2. The summed E-state index contributed by atoms with van der Waals surface area (Å²) in [5.74, 6) is 6.14. The highest BCUT2D eigenvalue weighted by atomic mass is 16.5. The number of hydrazine groups is 1. The zero-order chi connectivity index (χ0) is 17.9. The molecule has 0 fully saturated rings. The number of nitrogens with two attached hydrogens (primary N) is 1. The van der Waals surface area contributed by atoms with E-state index in [4.69, 9.17) is 14.3 Å². The van der Waals surface area contributed by atoms with Crippen LogP contribution < -0.4 is 26.1 Å². The van der Waals surface area contributed by atoms with Crippen molar-refractivity contribution in [3.05, 3.63) is 53.1 Å². The van der Waals surface area contributed by atoms with Crippen LogP contribution in [0.25, 0.3) is 0 Å². The van der Waals surface area contributed by atoms with E-state index in [1.807, 2.05) is 38.2 Å². The molecule has 0 radical (unpaired) electrons. The van der Waals surface area contributed by atoms with Crippen LogP contribution in [0.4, 0.5) is 5.69 Å². The maximum Gasteiger partial charge on any atom is 0.221 e. The van der Waals surface area contributed by atoms with E-state index in [2.05, 4.69) is 30.2 Å². The highest BCUT2D eigenvalue weighted by Crippen LogP contribution is 2.26. The van der Waals surface area contributed by atoms with E-state index in [0.717, 1.165) is 22.7 Å². The van der Waals surface area contributed by atoms with Crippen LogP contribution in [0.15, 0.2) is 36.4 Å². The number of aryl methyl sites for hydroxylation is 2. The maximum absolute atomic E-state index is 8.94. The van der Waals surface area contributed by atoms with E-state index in [9.17, 15) is 0 Å². The summed E-state index contributed by atoms with van der Waals surface area (Å²) in [5, 5.41) is 3.21. The summed E-state index contributed by atoms with van der Waals surface area (Å²) in [7, 11) is 3.60. The maximum atomic E-state index is 8.94. The summed E-state index contributed by atoms with van der Waals surface area (Å²) < 4.78 is 11.2. The van der Waals surface area contributed by atoms with Gasteiger partial charge in [-0.3, -0.25) is 10.2 Å². The van der Waals surface area contributed by atoms with Gasteiger partial charge in [0, 0.05) is 18.3 Å². The molecule has 130 valence electrons. The van der Waals surface area contributed by atoms with Crippen molar-refractivity contribution in [3.8, 4) is 11.5 Å². The van der Waals surface area contributed by atoms with Crippen molar-refractivity contribution in [2.45, 2.75) is 20.5 Å². The number of methoxy groups -OCH3 is 1. The van der Waals surface area contributed by atoms with Gasteiger partial charge in [0.1, 0.15) is 18.1 Å². The highest BCUT2D eigenvalue weighted by Gasteiger charge is 2.07. The smallest absolute Gasteiger partial charge is 0.221 e. The van der Waals surface area contributed by atoms with Crippen molar-refractivity contribution in [2.24, 2.45) is 5.84 Å². The molecule has 4 N–H and O–H groups in total. The van der Waals surface area contributed by atoms with Crippen molar-refractivity contribution >= 4 is 12.1 Å². The van der Waals surface area contributed by atoms with E-state index in [0.29, 0.717) is 13.0 Å². The quantitative estimate of drug-likeness (QED) is 0.328. The van der Waals surface area contributed by atoms with E-state index in [1.165, 1.54) is 11.1 Å². The molecule has 0 heterocycles. The van der Waals surface area contributed by atoms with Crippen LogP contribution in [-0.2, 0) is 11.4 Å². The minimum absolute atomic E-state index is 0.403. The first-order valence-corrected chi connectivity index (χ1v) is 7.50. The molecule has 1 amide bonds. The van der Waals surface area contributed by atoms with Gasteiger partial charge in [0.2, 0.25) is 6.41 Å². The van der Waals surface area contributed by atoms with Crippen LogP contribution in [0.2, 0.25) is 0 Å². The zero-order valence-corrected chi connectivity index (χ0v) is 14.6. The monoisotopic (exact) mass is 331 g/mol. The van der Waals surface area contributed by atoms with Gasteiger partial charge in [-0.25, -0.2) is 5.84 Å². The number of rotatable bonds is 6. The van der Waals surface area contributed by atoms with Gasteiger partial charge in [-0.05, 0) is 49.2 Å². The number of hydrogen-bond acceptors (Lipinski definition) is 5. The molecule has 0 saturated heterocycles. The second-order valence-corrected chi connectivity index (χ2v) is 5.06. The Labute approximate surface area is 142 Å². The molecule has 0 atom stereocenters. The lowest BCUT2D eigenvalue weighted by Crippen LogP contribution is -2.18. The molecule has 0 aliphatic heterocycles. The Bertz CT molecular complexity index is 660. The predicted molar refractivity (Wildman–Crippen MR) is 96.2 cm³/mol. The molecule has 6 nitrogen and oxygen atoms in total. The summed E-state index contributed by atoms with van der Waals surface area (Å²) in [6.07, 6.45) is 0.403. The van der Waals surface area contributed by atoms with Gasteiger partial charge in [-0.2, -0.15) is 0 Å². The minimum atomic E-state index is 0.403. The van der Waals surface area contributed by atoms with Crippen molar-refractivity contribution in [1.29, 1.82) is 0 Å². The molecular weight excluding hydrogens is 306 g/mol. The number of carbonyl (C=O) groups is 1. The van der Waals surface area contributed by atoms with E-state index in [-0.39, 0.29) is 0 Å². The van der Waals surface area contributed by atoms with Crippen LogP contribution in [-0.4, -0.2) is 20.6 Å². The molecule has 0 bridgehead atoms. The molecule has 0 unspecified atom stereocenters. The second kappa shape index (κ2) is 10.1. The first kappa shape index (κ1) is 19.3. The SMILES string of the molecule is CNc1cccc(C)c1COc1ccc(OC)cc1C.NNC=O. The third-order valence-corrected chi connectivity index (χ3v) is 3.50. The van der Waals surface area contributed by atoms with Gasteiger partial charge in [0.15, 0.2) is 0 Å². The van der Waals surface area contributed by atoms with Gasteiger partial charge in [-0.15, -0.1) is 0 Å². The van der Waals surface area contributed by atoms with Gasteiger partial charge < -0.3 is 14.8 Å². The standard InChI is InChI=1S/C17H21NO2.CH4N2O/c1-12-6-5-7-16(18-3)15(12)11-20-17-9-8-14(19-4)10-13(17)2;2-3-1-4/h5-10,18H,11H2,1-4H3;1H,2H2,(H,3,4). The Hall–Kier alpha value is -2.73. The fourth-order valence-electron chi connectivity index (χ4n) is 2.19. The molecule has 0 aliphatic carbocycles. The fraction of sp³-hybridized carbons (Fsp3) is 0.278. The van der Waals surface area contributed by atoms with Gasteiger partial charge in [-0.1, -0.05) is 12.1 Å². The topological polar surface area (TPSA) is 85.6 Å². The Balaban J connectivity index is 0.000000648. The van der Waals surface area contributed by atoms with Crippen LogP contribution in [0.1, 0.15) is 16.7 Å². The second-order valence-electron chi connectivity index (χ2n) is 5.06.